The van der Waals surface area contributed by atoms with E-state index in [9.17, 15) is 4.21 Å². The first-order valence-corrected chi connectivity index (χ1v) is 7.55. The van der Waals surface area contributed by atoms with Crippen molar-refractivity contribution in [1.29, 1.82) is 0 Å². The van der Waals surface area contributed by atoms with Gasteiger partial charge in [0, 0.05) is 16.0 Å². The first-order valence-electron chi connectivity index (χ1n) is 5.95. The number of hydrogen-bond acceptors (Lipinski definition) is 2. The van der Waals surface area contributed by atoms with Crippen molar-refractivity contribution < 1.29 is 4.21 Å². The number of rotatable bonds is 6. The van der Waals surface area contributed by atoms with Gasteiger partial charge in [0.1, 0.15) is 0 Å². The lowest BCUT2D eigenvalue weighted by atomic mass is 10.2. The molecule has 4 heteroatoms. The number of halogens is 1. The van der Waals surface area contributed by atoms with E-state index in [0.717, 1.165) is 17.9 Å². The molecule has 3 atom stereocenters. The van der Waals surface area contributed by atoms with E-state index in [1.807, 2.05) is 19.1 Å². The van der Waals surface area contributed by atoms with Crippen LogP contribution in [0.1, 0.15) is 27.2 Å². The summed E-state index contributed by atoms with van der Waals surface area (Å²) in [5, 5.41) is 4.08. The molecule has 0 saturated heterocycles. The first-order chi connectivity index (χ1) is 8.06. The first kappa shape index (κ1) is 14.7. The summed E-state index contributed by atoms with van der Waals surface area (Å²) in [7, 11) is -1.02. The Kier molecular flexibility index (Phi) is 6.17. The Bertz CT molecular complexity index is 383. The molecule has 0 fully saturated rings. The largest absolute Gasteiger partial charge is 0.313 e. The molecule has 0 aliphatic heterocycles. The van der Waals surface area contributed by atoms with Crippen LogP contribution in [0.2, 0.25) is 5.02 Å². The zero-order valence-corrected chi connectivity index (χ0v) is 12.1. The lowest BCUT2D eigenvalue weighted by Gasteiger charge is -2.20. The predicted octanol–water partition coefficient (Wildman–Crippen LogP) is 3.22. The van der Waals surface area contributed by atoms with Crippen molar-refractivity contribution in [1.82, 2.24) is 5.32 Å². The second-order valence-electron chi connectivity index (χ2n) is 4.20. The summed E-state index contributed by atoms with van der Waals surface area (Å²) in [6.07, 6.45) is 1.08. The fourth-order valence-corrected chi connectivity index (χ4v) is 3.14. The third-order valence-corrected chi connectivity index (χ3v) is 4.82. The minimum atomic E-state index is -1.02. The molecule has 0 aliphatic rings. The summed E-state index contributed by atoms with van der Waals surface area (Å²) in [6, 6.07) is 7.51. The maximum absolute atomic E-state index is 12.3. The van der Waals surface area contributed by atoms with Gasteiger partial charge in [-0.2, -0.15) is 0 Å². The molecule has 0 radical (unpaired) electrons. The third-order valence-electron chi connectivity index (χ3n) is 2.79. The molecule has 0 spiro atoms. The van der Waals surface area contributed by atoms with E-state index in [-0.39, 0.29) is 11.3 Å². The molecule has 2 nitrogen and oxygen atoms in total. The highest BCUT2D eigenvalue weighted by atomic mass is 35.5. The summed E-state index contributed by atoms with van der Waals surface area (Å²) in [4.78, 5) is 0.801. The molecule has 3 unspecified atom stereocenters. The van der Waals surface area contributed by atoms with Gasteiger partial charge in [0.05, 0.1) is 16.0 Å². The molecular weight excluding hydrogens is 254 g/mol. The van der Waals surface area contributed by atoms with Gasteiger partial charge in [-0.1, -0.05) is 24.6 Å². The lowest BCUT2D eigenvalue weighted by Crippen LogP contribution is -2.38. The van der Waals surface area contributed by atoms with Gasteiger partial charge in [-0.3, -0.25) is 4.21 Å². The van der Waals surface area contributed by atoms with E-state index in [2.05, 4.69) is 19.2 Å². The number of nitrogens with one attached hydrogen (secondary N) is 1. The third kappa shape index (κ3) is 4.41. The summed E-state index contributed by atoms with van der Waals surface area (Å²) < 4.78 is 12.3. The average Bonchev–Trinajstić information content (AvgIpc) is 2.34. The zero-order chi connectivity index (χ0) is 12.8. The van der Waals surface area contributed by atoms with E-state index in [4.69, 9.17) is 11.6 Å². The highest BCUT2D eigenvalue weighted by Gasteiger charge is 2.19. The van der Waals surface area contributed by atoms with Crippen LogP contribution in [-0.4, -0.2) is 22.0 Å². The van der Waals surface area contributed by atoms with Crippen LogP contribution in [-0.2, 0) is 10.8 Å². The molecular formula is C13H20ClNOS. The Balaban J connectivity index is 2.69. The average molecular weight is 274 g/mol. The molecule has 0 saturated carbocycles. The summed E-state index contributed by atoms with van der Waals surface area (Å²) in [5.74, 6) is 0. The standard InChI is InChI=1S/C13H20ClNOS/c1-4-8-15-10(2)11(3)17(16)13-7-5-6-12(14)9-13/h5-7,9-11,15H,4,8H2,1-3H3. The highest BCUT2D eigenvalue weighted by Crippen LogP contribution is 2.18. The molecule has 96 valence electrons. The van der Waals surface area contributed by atoms with Crippen molar-refractivity contribution >= 4 is 22.4 Å². The summed E-state index contributed by atoms with van der Waals surface area (Å²) in [5.41, 5.74) is 0. The van der Waals surface area contributed by atoms with Crippen LogP contribution in [0.15, 0.2) is 29.2 Å². The van der Waals surface area contributed by atoms with E-state index < -0.39 is 10.8 Å². The Morgan fingerprint density at radius 2 is 2.12 bits per heavy atom. The van der Waals surface area contributed by atoms with Crippen LogP contribution in [0, 0.1) is 0 Å². The molecule has 1 aromatic carbocycles. The van der Waals surface area contributed by atoms with Crippen molar-refractivity contribution in [2.45, 2.75) is 43.4 Å². The molecule has 0 aromatic heterocycles. The van der Waals surface area contributed by atoms with Crippen molar-refractivity contribution in [2.75, 3.05) is 6.54 Å². The van der Waals surface area contributed by atoms with Crippen LogP contribution in [0.3, 0.4) is 0 Å². The summed E-state index contributed by atoms with van der Waals surface area (Å²) >= 11 is 5.91. The van der Waals surface area contributed by atoms with Crippen molar-refractivity contribution in [2.24, 2.45) is 0 Å². The minimum Gasteiger partial charge on any atom is -0.313 e. The van der Waals surface area contributed by atoms with Crippen molar-refractivity contribution in [3.8, 4) is 0 Å². The Morgan fingerprint density at radius 1 is 1.41 bits per heavy atom. The second-order valence-corrected chi connectivity index (χ2v) is 6.45. The fraction of sp³-hybridized carbons (Fsp3) is 0.538. The van der Waals surface area contributed by atoms with Gasteiger partial charge in [-0.05, 0) is 45.0 Å². The van der Waals surface area contributed by atoms with Gasteiger partial charge in [0.25, 0.3) is 0 Å². The van der Waals surface area contributed by atoms with Gasteiger partial charge < -0.3 is 5.32 Å². The SMILES string of the molecule is CCCNC(C)C(C)S(=O)c1cccc(Cl)c1. The molecule has 0 amide bonds. The van der Waals surface area contributed by atoms with E-state index in [1.165, 1.54) is 0 Å². The number of benzene rings is 1. The van der Waals surface area contributed by atoms with Crippen LogP contribution in [0.4, 0.5) is 0 Å². The maximum atomic E-state index is 12.3. The van der Waals surface area contributed by atoms with E-state index in [1.54, 1.807) is 12.1 Å². The summed E-state index contributed by atoms with van der Waals surface area (Å²) in [6.45, 7) is 7.16. The number of hydrogen-bond donors (Lipinski definition) is 1. The van der Waals surface area contributed by atoms with Gasteiger partial charge in [0.2, 0.25) is 0 Å². The van der Waals surface area contributed by atoms with E-state index in [0.29, 0.717) is 5.02 Å². The fourth-order valence-electron chi connectivity index (χ4n) is 1.53. The van der Waals surface area contributed by atoms with Gasteiger partial charge >= 0.3 is 0 Å². The van der Waals surface area contributed by atoms with Crippen LogP contribution in [0.5, 0.6) is 0 Å². The van der Waals surface area contributed by atoms with Gasteiger partial charge in [0.15, 0.2) is 0 Å². The van der Waals surface area contributed by atoms with E-state index >= 15 is 0 Å². The molecule has 1 aromatic rings. The Morgan fingerprint density at radius 3 is 2.71 bits per heavy atom. The van der Waals surface area contributed by atoms with Gasteiger partial charge in [-0.25, -0.2) is 0 Å². The molecule has 0 heterocycles. The van der Waals surface area contributed by atoms with Crippen molar-refractivity contribution in [3.05, 3.63) is 29.3 Å². The predicted molar refractivity (Wildman–Crippen MR) is 75.1 cm³/mol. The topological polar surface area (TPSA) is 29.1 Å². The molecule has 1 N–H and O–H groups in total. The second kappa shape index (κ2) is 7.14. The normalized spacial score (nSPS) is 16.5. The quantitative estimate of drug-likeness (QED) is 0.862. The molecule has 0 bridgehead atoms. The molecule has 1 rings (SSSR count). The molecule has 17 heavy (non-hydrogen) atoms. The molecule has 0 aliphatic carbocycles. The van der Waals surface area contributed by atoms with Crippen LogP contribution >= 0.6 is 11.6 Å². The van der Waals surface area contributed by atoms with Crippen LogP contribution in [0.25, 0.3) is 0 Å². The Hall–Kier alpha value is -0.380. The minimum absolute atomic E-state index is 0.0695. The highest BCUT2D eigenvalue weighted by molar-refractivity contribution is 7.85. The lowest BCUT2D eigenvalue weighted by molar-refractivity contribution is 0.531. The maximum Gasteiger partial charge on any atom is 0.0574 e. The Labute approximate surface area is 111 Å². The van der Waals surface area contributed by atoms with Gasteiger partial charge in [-0.15, -0.1) is 0 Å². The smallest absolute Gasteiger partial charge is 0.0574 e. The van der Waals surface area contributed by atoms with Crippen LogP contribution < -0.4 is 5.32 Å². The monoisotopic (exact) mass is 273 g/mol. The zero-order valence-electron chi connectivity index (χ0n) is 10.6. The van der Waals surface area contributed by atoms with Crippen molar-refractivity contribution in [3.63, 3.8) is 0 Å².